The van der Waals surface area contributed by atoms with E-state index in [1.54, 1.807) is 11.3 Å². The van der Waals surface area contributed by atoms with Crippen LogP contribution >= 0.6 is 11.3 Å². The van der Waals surface area contributed by atoms with Gasteiger partial charge in [0.15, 0.2) is 0 Å². The van der Waals surface area contributed by atoms with Crippen LogP contribution in [0.1, 0.15) is 19.4 Å². The molecule has 0 unspecified atom stereocenters. The predicted octanol–water partition coefficient (Wildman–Crippen LogP) is 9.43. The fourth-order valence-electron chi connectivity index (χ4n) is 6.38. The van der Waals surface area contributed by atoms with Gasteiger partial charge in [-0.2, -0.15) is 11.3 Å². The van der Waals surface area contributed by atoms with Crippen LogP contribution in [0.3, 0.4) is 0 Å². The molecule has 0 saturated carbocycles. The molecule has 4 aromatic carbocycles. The molecule has 0 bridgehead atoms. The molecule has 0 aliphatic carbocycles. The van der Waals surface area contributed by atoms with E-state index in [0.717, 1.165) is 21.3 Å². The molecule has 0 atom stereocenters. The first-order valence-electron chi connectivity index (χ1n) is 18.4. The minimum absolute atomic E-state index is 0. The average molecular weight is 890 g/mol. The van der Waals surface area contributed by atoms with E-state index in [1.165, 1.54) is 48.2 Å². The van der Waals surface area contributed by atoms with Crippen molar-refractivity contribution in [2.24, 2.45) is 0 Å². The third-order valence-electron chi connectivity index (χ3n) is 8.89. The molecule has 0 fully saturated rings. The van der Waals surface area contributed by atoms with Gasteiger partial charge in [-0.3, -0.25) is 0 Å². The summed E-state index contributed by atoms with van der Waals surface area (Å²) in [7, 11) is -1.92. The molecule has 6 heteroatoms. The van der Waals surface area contributed by atoms with Gasteiger partial charge >= 0.3 is 99.8 Å². The fourth-order valence-corrected chi connectivity index (χ4v) is 14.0. The summed E-state index contributed by atoms with van der Waals surface area (Å²) < 4.78 is 50.9. The van der Waals surface area contributed by atoms with E-state index in [4.69, 9.17) is 8.22 Å². The van der Waals surface area contributed by atoms with Crippen molar-refractivity contribution in [2.75, 3.05) is 0 Å². The van der Waals surface area contributed by atoms with Gasteiger partial charge < -0.3 is 4.98 Å². The largest absolute Gasteiger partial charge is 0 e. The van der Waals surface area contributed by atoms with Crippen LogP contribution in [-0.4, -0.2) is 31.3 Å². The molecule has 8 rings (SSSR count). The molecular weight excluding hydrogens is 845 g/mol. The van der Waals surface area contributed by atoms with Crippen molar-refractivity contribution in [1.82, 2.24) is 9.97 Å². The Morgan fingerprint density at radius 3 is 2.21 bits per heavy atom. The summed E-state index contributed by atoms with van der Waals surface area (Å²) in [6.07, 6.45) is 3.23. The summed E-state index contributed by atoms with van der Waals surface area (Å²) in [6.45, 7) is -0.343. The molecule has 4 heterocycles. The summed E-state index contributed by atoms with van der Waals surface area (Å²) in [5.74, 6) is 7.14. The van der Waals surface area contributed by atoms with E-state index in [9.17, 15) is 0 Å². The van der Waals surface area contributed by atoms with Crippen LogP contribution in [0.2, 0.25) is 30.4 Å². The van der Waals surface area contributed by atoms with E-state index in [0.29, 0.717) is 11.3 Å². The van der Waals surface area contributed by atoms with E-state index in [2.05, 4.69) is 101 Å². The molecule has 1 aliphatic heterocycles. The zero-order chi connectivity index (χ0) is 37.2. The van der Waals surface area contributed by atoms with Gasteiger partial charge in [0.25, 0.3) is 0 Å². The maximum atomic E-state index is 7.95. The minimum atomic E-state index is -2.57. The van der Waals surface area contributed by atoms with Crippen LogP contribution in [0.15, 0.2) is 103 Å². The molecular formula is C41H38GeIrN2SSi-2. The number of pyridine rings is 2. The van der Waals surface area contributed by atoms with E-state index in [-0.39, 0.29) is 31.2 Å². The van der Waals surface area contributed by atoms with E-state index >= 15 is 0 Å². The van der Waals surface area contributed by atoms with E-state index < -0.39 is 35.0 Å². The fraction of sp³-hybridized carbons (Fsp3) is 0.171. The molecule has 0 N–H and O–H groups in total. The smallest absolute Gasteiger partial charge is 0 e. The van der Waals surface area contributed by atoms with Gasteiger partial charge in [-0.15, -0.1) is 23.8 Å². The first-order valence-corrected chi connectivity index (χ1v) is 26.6. The van der Waals surface area contributed by atoms with Crippen molar-refractivity contribution in [2.45, 2.75) is 44.1 Å². The Morgan fingerprint density at radius 2 is 1.49 bits per heavy atom. The van der Waals surface area contributed by atoms with Crippen molar-refractivity contribution in [3.63, 3.8) is 0 Å². The molecule has 0 amide bonds. The summed E-state index contributed by atoms with van der Waals surface area (Å²) in [6, 6.07) is 37.1. The van der Waals surface area contributed by atoms with Crippen LogP contribution in [-0.2, 0) is 20.1 Å². The normalized spacial score (nSPS) is 15.4. The molecule has 1 aliphatic rings. The zero-order valence-corrected chi connectivity index (χ0v) is 33.3. The summed E-state index contributed by atoms with van der Waals surface area (Å²) in [5.41, 5.74) is 5.38. The third kappa shape index (κ3) is 6.13. The van der Waals surface area contributed by atoms with E-state index in [1.807, 2.05) is 42.6 Å². The Bertz CT molecular complexity index is 2460. The number of benzene rings is 4. The second-order valence-electron chi connectivity index (χ2n) is 13.3. The number of hydrogen-bond donors (Lipinski definition) is 0. The Hall–Kier alpha value is -3.19. The second kappa shape index (κ2) is 13.0. The molecule has 47 heavy (non-hydrogen) atoms. The van der Waals surface area contributed by atoms with Crippen LogP contribution in [0, 0.1) is 25.8 Å². The van der Waals surface area contributed by atoms with Crippen LogP contribution in [0.5, 0.6) is 0 Å². The molecule has 0 spiro atoms. The molecule has 237 valence electrons. The number of fused-ring (bicyclic) bond motifs is 7. The number of rotatable bonds is 3. The van der Waals surface area contributed by atoms with Crippen molar-refractivity contribution in [3.05, 3.63) is 127 Å². The standard InChI is InChI=1S/C27H22NSSi.C14H16GeN.Ir/c1-16-14-23(28-15-17(16)2)22-10-7-9-19-20-12-13-21-18-8-5-6-11-24(18)30(3,4)27(21)26(20)29-25(19)22;1-15(2,3)13-9-10-14(16-11-13)12-7-5-4-6-8-12;/h5-9,11-15H,1-4H3;4-7,9-11H,1-3H3;/q2*-1;/i1D3,2D3;;. The Labute approximate surface area is 308 Å². The maximum Gasteiger partial charge on any atom is 0 e. The SMILES string of the molecule is [2H]C([2H])([2H])c1cnc(-c2[c-]ccc3c2sc2c4c(ccc23)-c2ccccc2[Si]4(C)C)cc1C([2H])([2H])[2H].[CH3][Ge]([CH3])([CH3])[c]1ccc(-c2[c-]cccc2)nc1.[Ir]. The van der Waals surface area contributed by atoms with Gasteiger partial charge in [-0.25, -0.2) is 0 Å². The van der Waals surface area contributed by atoms with Crippen molar-refractivity contribution in [3.8, 4) is 33.6 Å². The van der Waals surface area contributed by atoms with Crippen molar-refractivity contribution in [1.29, 1.82) is 0 Å². The Kier molecular flexibility index (Phi) is 7.40. The van der Waals surface area contributed by atoms with Gasteiger partial charge in [0.2, 0.25) is 0 Å². The van der Waals surface area contributed by atoms with Gasteiger partial charge in [-0.05, 0) is 56.5 Å². The maximum absolute atomic E-state index is 7.95. The second-order valence-corrected chi connectivity index (χ2v) is 29.3. The van der Waals surface area contributed by atoms with Gasteiger partial charge in [0, 0.05) is 39.2 Å². The number of aryl methyl sites for hydroxylation is 2. The predicted molar refractivity (Wildman–Crippen MR) is 205 cm³/mol. The number of aromatic nitrogens is 2. The zero-order valence-electron chi connectivity index (χ0n) is 33.0. The molecule has 2 nitrogen and oxygen atoms in total. The number of hydrogen-bond acceptors (Lipinski definition) is 3. The number of nitrogens with zero attached hydrogens (tertiary/aromatic N) is 2. The van der Waals surface area contributed by atoms with Crippen molar-refractivity contribution < 1.29 is 28.3 Å². The summed E-state index contributed by atoms with van der Waals surface area (Å²) in [5, 5.41) is 5.13. The topological polar surface area (TPSA) is 25.8 Å². The Balaban J connectivity index is 0.000000238. The van der Waals surface area contributed by atoms with Gasteiger partial charge in [0.1, 0.15) is 8.07 Å². The van der Waals surface area contributed by atoms with Crippen LogP contribution < -0.4 is 14.8 Å². The minimum Gasteiger partial charge on any atom is 0 e. The molecule has 0 saturated heterocycles. The van der Waals surface area contributed by atoms with Crippen LogP contribution in [0.4, 0.5) is 0 Å². The average Bonchev–Trinajstić information content (AvgIpc) is 3.60. The monoisotopic (exact) mass is 891 g/mol. The van der Waals surface area contributed by atoms with Gasteiger partial charge in [-0.1, -0.05) is 66.5 Å². The van der Waals surface area contributed by atoms with Crippen LogP contribution in [0.25, 0.3) is 53.8 Å². The summed E-state index contributed by atoms with van der Waals surface area (Å²) in [4.78, 5) is 8.95. The van der Waals surface area contributed by atoms with Gasteiger partial charge in [0.05, 0.1) is 0 Å². The van der Waals surface area contributed by atoms with Crippen molar-refractivity contribution >= 4 is 67.6 Å². The Morgan fingerprint density at radius 1 is 0.723 bits per heavy atom. The molecule has 3 aromatic heterocycles. The first-order chi connectivity index (χ1) is 24.5. The first kappa shape index (κ1) is 26.7. The molecule has 7 aromatic rings. The number of thiophene rings is 1. The quantitative estimate of drug-likeness (QED) is 0.131. The molecule has 1 radical (unpaired) electrons. The summed E-state index contributed by atoms with van der Waals surface area (Å²) >= 11 is -0.0197. The third-order valence-corrected chi connectivity index (χ3v) is 18.1.